The van der Waals surface area contributed by atoms with Crippen LogP contribution in [0.1, 0.15) is 32.6 Å². The lowest BCUT2D eigenvalue weighted by molar-refractivity contribution is -0.121. The Balaban J connectivity index is 0.00000128. The van der Waals surface area contributed by atoms with Crippen molar-refractivity contribution in [3.63, 3.8) is 0 Å². The number of sulfonamides is 1. The maximum absolute atomic E-state index is 11.6. The van der Waals surface area contributed by atoms with Crippen molar-refractivity contribution in [2.24, 2.45) is 11.7 Å². The minimum atomic E-state index is -3.44. The lowest BCUT2D eigenvalue weighted by atomic mass is 10.2. The first kappa shape index (κ1) is 13.7. The molecule has 2 unspecified atom stereocenters. The average Bonchev–Trinajstić information content (AvgIpc) is 2.97. The lowest BCUT2D eigenvalue weighted by Gasteiger charge is -2.11. The zero-order valence-electron chi connectivity index (χ0n) is 9.10. The van der Waals surface area contributed by atoms with Gasteiger partial charge in [-0.3, -0.25) is 9.52 Å². The summed E-state index contributed by atoms with van der Waals surface area (Å²) in [5.41, 5.74) is 4.86. The Morgan fingerprint density at radius 3 is 2.44 bits per heavy atom. The van der Waals surface area contributed by atoms with Gasteiger partial charge in [0.2, 0.25) is 10.0 Å². The maximum atomic E-state index is 11.6. The first-order chi connectivity index (χ1) is 6.90. The number of halogens is 1. The quantitative estimate of drug-likeness (QED) is 0.759. The third-order valence-corrected chi connectivity index (χ3v) is 5.09. The minimum Gasteiger partial charge on any atom is -0.317 e. The van der Waals surface area contributed by atoms with Gasteiger partial charge in [0.1, 0.15) is 0 Å². The molecule has 0 spiro atoms. The van der Waals surface area contributed by atoms with Crippen LogP contribution in [-0.4, -0.2) is 25.1 Å². The van der Waals surface area contributed by atoms with E-state index in [4.69, 9.17) is 5.73 Å². The van der Waals surface area contributed by atoms with Crippen molar-refractivity contribution < 1.29 is 13.2 Å². The fraction of sp³-hybridized carbons (Fsp3) is 0.889. The molecule has 2 aliphatic carbocycles. The predicted octanol–water partition coefficient (Wildman–Crippen LogP) is 0.144. The molecule has 0 heterocycles. The molecule has 2 atom stereocenters. The van der Waals surface area contributed by atoms with Crippen LogP contribution in [0.2, 0.25) is 0 Å². The second kappa shape index (κ2) is 4.16. The SMILES string of the molecule is CCC1CC1(N)C(=O)NS(=O)(=O)C1CC1.Cl. The number of rotatable bonds is 4. The molecule has 0 saturated heterocycles. The average molecular weight is 269 g/mol. The van der Waals surface area contributed by atoms with E-state index in [1.165, 1.54) is 0 Å². The Morgan fingerprint density at radius 1 is 1.50 bits per heavy atom. The van der Waals surface area contributed by atoms with Gasteiger partial charge >= 0.3 is 0 Å². The summed E-state index contributed by atoms with van der Waals surface area (Å²) in [7, 11) is -3.44. The predicted molar refractivity (Wildman–Crippen MR) is 62.6 cm³/mol. The molecule has 2 aliphatic rings. The summed E-state index contributed by atoms with van der Waals surface area (Å²) < 4.78 is 25.1. The first-order valence-electron chi connectivity index (χ1n) is 5.25. The van der Waals surface area contributed by atoms with Crippen LogP contribution in [0.5, 0.6) is 0 Å². The fourth-order valence-electron chi connectivity index (χ4n) is 1.82. The molecule has 2 rings (SSSR count). The molecule has 5 nitrogen and oxygen atoms in total. The van der Waals surface area contributed by atoms with E-state index >= 15 is 0 Å². The summed E-state index contributed by atoms with van der Waals surface area (Å²) in [5, 5.41) is -0.371. The van der Waals surface area contributed by atoms with E-state index in [2.05, 4.69) is 4.72 Å². The summed E-state index contributed by atoms with van der Waals surface area (Å²) in [4.78, 5) is 11.6. The van der Waals surface area contributed by atoms with Gasteiger partial charge in [0.05, 0.1) is 10.8 Å². The van der Waals surface area contributed by atoms with Crippen molar-refractivity contribution in [1.82, 2.24) is 4.72 Å². The highest BCUT2D eigenvalue weighted by Gasteiger charge is 2.57. The molecular formula is C9H17ClN2O3S. The van der Waals surface area contributed by atoms with Crippen LogP contribution >= 0.6 is 12.4 Å². The normalized spacial score (nSPS) is 32.8. The summed E-state index contributed by atoms with van der Waals surface area (Å²) in [6.45, 7) is 1.95. The zero-order chi connectivity index (χ0) is 11.3. The van der Waals surface area contributed by atoms with E-state index in [0.717, 1.165) is 6.42 Å². The van der Waals surface area contributed by atoms with Gasteiger partial charge in [0, 0.05) is 0 Å². The fourth-order valence-corrected chi connectivity index (χ4v) is 3.19. The molecule has 0 radical (unpaired) electrons. The van der Waals surface area contributed by atoms with Crippen LogP contribution < -0.4 is 10.5 Å². The summed E-state index contributed by atoms with van der Waals surface area (Å²) >= 11 is 0. The number of nitrogens with one attached hydrogen (secondary N) is 1. The smallest absolute Gasteiger partial charge is 0.253 e. The lowest BCUT2D eigenvalue weighted by Crippen LogP contribution is -2.47. The van der Waals surface area contributed by atoms with Gasteiger partial charge in [-0.1, -0.05) is 13.3 Å². The van der Waals surface area contributed by atoms with Crippen molar-refractivity contribution in [1.29, 1.82) is 0 Å². The van der Waals surface area contributed by atoms with Gasteiger partial charge in [0.25, 0.3) is 5.91 Å². The molecular weight excluding hydrogens is 252 g/mol. The van der Waals surface area contributed by atoms with Crippen molar-refractivity contribution >= 4 is 28.3 Å². The van der Waals surface area contributed by atoms with E-state index in [9.17, 15) is 13.2 Å². The van der Waals surface area contributed by atoms with E-state index in [1.807, 2.05) is 6.92 Å². The number of hydrogen-bond donors (Lipinski definition) is 2. The topological polar surface area (TPSA) is 89.3 Å². The molecule has 0 aromatic carbocycles. The van der Waals surface area contributed by atoms with E-state index < -0.39 is 21.5 Å². The summed E-state index contributed by atoms with van der Waals surface area (Å²) in [6, 6.07) is 0. The summed E-state index contributed by atoms with van der Waals surface area (Å²) in [6.07, 6.45) is 2.71. The number of nitrogens with two attached hydrogens (primary N) is 1. The Hall–Kier alpha value is -0.330. The van der Waals surface area contributed by atoms with Crippen LogP contribution in [0.3, 0.4) is 0 Å². The van der Waals surface area contributed by atoms with E-state index in [0.29, 0.717) is 19.3 Å². The molecule has 94 valence electrons. The Bertz CT molecular complexity index is 394. The van der Waals surface area contributed by atoms with Gasteiger partial charge in [-0.25, -0.2) is 8.42 Å². The maximum Gasteiger partial charge on any atom is 0.253 e. The van der Waals surface area contributed by atoms with Crippen molar-refractivity contribution in [2.45, 2.75) is 43.4 Å². The number of carbonyl (C=O) groups excluding carboxylic acids is 1. The van der Waals surface area contributed by atoms with Crippen LogP contribution in [0.25, 0.3) is 0 Å². The highest BCUT2D eigenvalue weighted by molar-refractivity contribution is 7.90. The third-order valence-electron chi connectivity index (χ3n) is 3.27. The Kier molecular flexibility index (Phi) is 3.57. The minimum absolute atomic E-state index is 0. The number of amides is 1. The van der Waals surface area contributed by atoms with Gasteiger partial charge in [-0.2, -0.15) is 0 Å². The van der Waals surface area contributed by atoms with Crippen molar-refractivity contribution in [2.75, 3.05) is 0 Å². The summed E-state index contributed by atoms with van der Waals surface area (Å²) in [5.74, 6) is -0.395. The van der Waals surface area contributed by atoms with Gasteiger partial charge < -0.3 is 5.73 Å². The molecule has 16 heavy (non-hydrogen) atoms. The second-order valence-corrected chi connectivity index (χ2v) is 6.49. The number of carbonyl (C=O) groups is 1. The Labute approximate surface area is 102 Å². The standard InChI is InChI=1S/C9H16N2O3S.ClH/c1-2-6-5-9(6,10)8(12)11-15(13,14)7-3-4-7;/h6-7H,2-5,10H2,1H3,(H,11,12);1H. The Morgan fingerprint density at radius 2 is 2.06 bits per heavy atom. The highest BCUT2D eigenvalue weighted by Crippen LogP contribution is 2.43. The van der Waals surface area contributed by atoms with Crippen LogP contribution in [0, 0.1) is 5.92 Å². The van der Waals surface area contributed by atoms with Crippen molar-refractivity contribution in [3.05, 3.63) is 0 Å². The molecule has 0 aromatic heterocycles. The van der Waals surface area contributed by atoms with Crippen molar-refractivity contribution in [3.8, 4) is 0 Å². The monoisotopic (exact) mass is 268 g/mol. The third kappa shape index (κ3) is 2.33. The molecule has 0 bridgehead atoms. The molecule has 0 aliphatic heterocycles. The zero-order valence-corrected chi connectivity index (χ0v) is 10.7. The van der Waals surface area contributed by atoms with E-state index in [-0.39, 0.29) is 23.6 Å². The highest BCUT2D eigenvalue weighted by atomic mass is 35.5. The molecule has 7 heteroatoms. The molecule has 2 saturated carbocycles. The molecule has 3 N–H and O–H groups in total. The van der Waals surface area contributed by atoms with Gasteiger partial charge in [-0.15, -0.1) is 12.4 Å². The van der Waals surface area contributed by atoms with Crippen LogP contribution in [0.4, 0.5) is 0 Å². The molecule has 0 aromatic rings. The van der Waals surface area contributed by atoms with E-state index in [1.54, 1.807) is 0 Å². The second-order valence-electron chi connectivity index (χ2n) is 4.53. The van der Waals surface area contributed by atoms with Gasteiger partial charge in [-0.05, 0) is 25.2 Å². The van der Waals surface area contributed by atoms with Gasteiger partial charge in [0.15, 0.2) is 0 Å². The number of hydrogen-bond acceptors (Lipinski definition) is 4. The van der Waals surface area contributed by atoms with Crippen LogP contribution in [-0.2, 0) is 14.8 Å². The first-order valence-corrected chi connectivity index (χ1v) is 6.79. The molecule has 1 amide bonds. The van der Waals surface area contributed by atoms with Crippen LogP contribution in [0.15, 0.2) is 0 Å². The largest absolute Gasteiger partial charge is 0.317 e. The molecule has 2 fully saturated rings.